The summed E-state index contributed by atoms with van der Waals surface area (Å²) in [4.78, 5) is 10.7. The molecular formula is C16H17N3O6S. The number of carboxylic acid groups (broad SMARTS) is 1. The van der Waals surface area contributed by atoms with Gasteiger partial charge in [0.05, 0.1) is 25.1 Å². The quantitative estimate of drug-likeness (QED) is 0.598. The van der Waals surface area contributed by atoms with Gasteiger partial charge in [-0.25, -0.2) is 8.42 Å². The van der Waals surface area contributed by atoms with Crippen LogP contribution in [0.25, 0.3) is 0 Å². The van der Waals surface area contributed by atoms with Crippen molar-refractivity contribution >= 4 is 27.4 Å². The molecule has 1 unspecified atom stereocenters. The highest BCUT2D eigenvalue weighted by molar-refractivity contribution is 7.89. The predicted octanol–water partition coefficient (Wildman–Crippen LogP) is 1.83. The van der Waals surface area contributed by atoms with Crippen molar-refractivity contribution in [3.05, 3.63) is 48.5 Å². The third-order valence-electron chi connectivity index (χ3n) is 3.25. The molecule has 26 heavy (non-hydrogen) atoms. The molecule has 0 spiro atoms. The second kappa shape index (κ2) is 8.52. The van der Waals surface area contributed by atoms with E-state index in [4.69, 9.17) is 14.9 Å². The second-order valence-electron chi connectivity index (χ2n) is 5.07. The number of aliphatic hydroxyl groups excluding tert-OH is 1. The number of rotatable bonds is 8. The van der Waals surface area contributed by atoms with Crippen LogP contribution in [0.15, 0.2) is 63.7 Å². The number of benzene rings is 2. The molecule has 0 saturated heterocycles. The van der Waals surface area contributed by atoms with Gasteiger partial charge >= 0.3 is 5.97 Å². The topological polar surface area (TPSA) is 138 Å². The van der Waals surface area contributed by atoms with Gasteiger partial charge < -0.3 is 14.9 Å². The fourth-order valence-corrected chi connectivity index (χ4v) is 3.33. The van der Waals surface area contributed by atoms with Crippen molar-refractivity contribution < 1.29 is 28.2 Å². The molecular weight excluding hydrogens is 362 g/mol. The fraction of sp³-hybridized carbons (Fsp3) is 0.188. The minimum atomic E-state index is -4.28. The van der Waals surface area contributed by atoms with Crippen LogP contribution in [0.1, 0.15) is 0 Å². The van der Waals surface area contributed by atoms with Gasteiger partial charge in [-0.2, -0.15) is 15.0 Å². The zero-order valence-electron chi connectivity index (χ0n) is 13.7. The first-order valence-electron chi connectivity index (χ1n) is 7.38. The number of aliphatic carboxylic acids is 1. The van der Waals surface area contributed by atoms with Crippen LogP contribution in [0.4, 0.5) is 11.4 Å². The van der Waals surface area contributed by atoms with Crippen LogP contribution in [0.2, 0.25) is 0 Å². The maximum atomic E-state index is 12.5. The average molecular weight is 379 g/mol. The lowest BCUT2D eigenvalue weighted by Gasteiger charge is -2.14. The van der Waals surface area contributed by atoms with E-state index in [9.17, 15) is 13.2 Å². The number of aliphatic hydroxyl groups is 1. The summed E-state index contributed by atoms with van der Waals surface area (Å²) in [5.74, 6) is -1.51. The van der Waals surface area contributed by atoms with E-state index in [0.29, 0.717) is 5.69 Å². The van der Waals surface area contributed by atoms with Crippen molar-refractivity contribution in [3.8, 4) is 5.75 Å². The highest BCUT2D eigenvalue weighted by Crippen LogP contribution is 2.29. The van der Waals surface area contributed by atoms with Crippen molar-refractivity contribution in [2.75, 3.05) is 13.7 Å². The molecule has 2 aromatic carbocycles. The standard InChI is InChI=1S/C16H17N3O6S/c1-25-14-8-7-12(18-17-11-5-3-2-4-6-11)9-15(14)26(23,24)19-13(10-20)16(21)22/h2-9,13,19-20H,10H2,1H3,(H,21,22). The van der Waals surface area contributed by atoms with E-state index >= 15 is 0 Å². The Morgan fingerprint density at radius 2 is 1.81 bits per heavy atom. The normalized spacial score (nSPS) is 12.8. The highest BCUT2D eigenvalue weighted by Gasteiger charge is 2.27. The SMILES string of the molecule is COc1ccc(N=Nc2ccccc2)cc1S(=O)(=O)NC(CO)C(=O)O. The number of azo groups is 1. The number of methoxy groups -OCH3 is 1. The molecule has 0 aliphatic heterocycles. The largest absolute Gasteiger partial charge is 0.495 e. The summed E-state index contributed by atoms with van der Waals surface area (Å²) in [5.41, 5.74) is 0.808. The first-order valence-corrected chi connectivity index (χ1v) is 8.86. The lowest BCUT2D eigenvalue weighted by Crippen LogP contribution is -2.43. The number of ether oxygens (including phenoxy) is 1. The Bertz CT molecular complexity index is 899. The maximum Gasteiger partial charge on any atom is 0.324 e. The van der Waals surface area contributed by atoms with Crippen molar-refractivity contribution in [2.24, 2.45) is 10.2 Å². The van der Waals surface area contributed by atoms with Crippen molar-refractivity contribution in [3.63, 3.8) is 0 Å². The van der Waals surface area contributed by atoms with Crippen molar-refractivity contribution in [1.82, 2.24) is 4.72 Å². The monoisotopic (exact) mass is 379 g/mol. The Morgan fingerprint density at radius 3 is 2.38 bits per heavy atom. The summed E-state index contributed by atoms with van der Waals surface area (Å²) >= 11 is 0. The molecule has 0 aliphatic carbocycles. The van der Waals surface area contributed by atoms with Gasteiger partial charge in [-0.1, -0.05) is 18.2 Å². The Hall–Kier alpha value is -2.82. The molecule has 0 amide bonds. The molecule has 0 aromatic heterocycles. The van der Waals surface area contributed by atoms with Crippen LogP contribution >= 0.6 is 0 Å². The smallest absolute Gasteiger partial charge is 0.324 e. The predicted molar refractivity (Wildman–Crippen MR) is 92.4 cm³/mol. The molecule has 0 radical (unpaired) electrons. The Labute approximate surface area is 150 Å². The minimum absolute atomic E-state index is 0.00163. The zero-order valence-corrected chi connectivity index (χ0v) is 14.5. The van der Waals surface area contributed by atoms with Gasteiger partial charge in [-0.3, -0.25) is 4.79 Å². The van der Waals surface area contributed by atoms with E-state index in [2.05, 4.69) is 10.2 Å². The van der Waals surface area contributed by atoms with Gasteiger partial charge in [-0.15, -0.1) is 0 Å². The molecule has 1 atom stereocenters. The van der Waals surface area contributed by atoms with E-state index in [0.717, 1.165) is 0 Å². The number of hydrogen-bond donors (Lipinski definition) is 3. The third kappa shape index (κ3) is 4.85. The van der Waals surface area contributed by atoms with Gasteiger partial charge in [0.1, 0.15) is 16.7 Å². The summed E-state index contributed by atoms with van der Waals surface area (Å²) in [6.45, 7) is -0.899. The van der Waals surface area contributed by atoms with Crippen molar-refractivity contribution in [1.29, 1.82) is 0 Å². The van der Waals surface area contributed by atoms with Crippen LogP contribution in [0.3, 0.4) is 0 Å². The molecule has 0 aliphatic rings. The van der Waals surface area contributed by atoms with E-state index < -0.39 is 28.6 Å². The number of carboxylic acids is 1. The molecule has 10 heteroatoms. The van der Waals surface area contributed by atoms with Crippen LogP contribution in [-0.4, -0.2) is 44.4 Å². The highest BCUT2D eigenvalue weighted by atomic mass is 32.2. The van der Waals surface area contributed by atoms with E-state index in [1.807, 2.05) is 10.8 Å². The van der Waals surface area contributed by atoms with Gasteiger partial charge in [0.2, 0.25) is 10.0 Å². The van der Waals surface area contributed by atoms with E-state index in [-0.39, 0.29) is 16.3 Å². The lowest BCUT2D eigenvalue weighted by atomic mass is 10.3. The number of nitrogens with one attached hydrogen (secondary N) is 1. The Morgan fingerprint density at radius 1 is 1.15 bits per heavy atom. The first kappa shape index (κ1) is 19.5. The Balaban J connectivity index is 2.37. The molecule has 0 fully saturated rings. The summed E-state index contributed by atoms with van der Waals surface area (Å²) < 4.78 is 31.9. The van der Waals surface area contributed by atoms with E-state index in [1.165, 1.54) is 25.3 Å². The van der Waals surface area contributed by atoms with Crippen LogP contribution in [0, 0.1) is 0 Å². The van der Waals surface area contributed by atoms with Crippen molar-refractivity contribution in [2.45, 2.75) is 10.9 Å². The molecule has 138 valence electrons. The minimum Gasteiger partial charge on any atom is -0.495 e. The molecule has 0 saturated carbocycles. The van der Waals surface area contributed by atoms with Crippen LogP contribution in [0.5, 0.6) is 5.75 Å². The number of hydrogen-bond acceptors (Lipinski definition) is 7. The molecule has 3 N–H and O–H groups in total. The van der Waals surface area contributed by atoms with E-state index in [1.54, 1.807) is 24.3 Å². The van der Waals surface area contributed by atoms with Crippen LogP contribution in [-0.2, 0) is 14.8 Å². The third-order valence-corrected chi connectivity index (χ3v) is 4.74. The fourth-order valence-electron chi connectivity index (χ4n) is 1.96. The Kier molecular flexibility index (Phi) is 6.39. The molecule has 2 aromatic rings. The first-order chi connectivity index (χ1) is 12.4. The average Bonchev–Trinajstić information content (AvgIpc) is 2.64. The molecule has 9 nitrogen and oxygen atoms in total. The van der Waals surface area contributed by atoms with Gasteiger partial charge in [0.15, 0.2) is 0 Å². The number of nitrogens with zero attached hydrogens (tertiary/aromatic N) is 2. The molecule has 0 bridgehead atoms. The van der Waals surface area contributed by atoms with Crippen LogP contribution < -0.4 is 9.46 Å². The lowest BCUT2D eigenvalue weighted by molar-refractivity contribution is -0.139. The second-order valence-corrected chi connectivity index (χ2v) is 6.75. The van der Waals surface area contributed by atoms with Gasteiger partial charge in [0.25, 0.3) is 0 Å². The zero-order chi connectivity index (χ0) is 19.2. The molecule has 2 rings (SSSR count). The number of sulfonamides is 1. The summed E-state index contributed by atoms with van der Waals surface area (Å²) in [7, 11) is -3.00. The summed E-state index contributed by atoms with van der Waals surface area (Å²) in [6.07, 6.45) is 0. The molecule has 0 heterocycles. The summed E-state index contributed by atoms with van der Waals surface area (Å²) in [5, 5.41) is 25.9. The maximum absolute atomic E-state index is 12.5. The summed E-state index contributed by atoms with van der Waals surface area (Å²) in [6, 6.07) is 11.2. The number of carbonyl (C=O) groups is 1. The van der Waals surface area contributed by atoms with Gasteiger partial charge in [-0.05, 0) is 30.3 Å². The van der Waals surface area contributed by atoms with Gasteiger partial charge in [0, 0.05) is 0 Å².